The van der Waals surface area contributed by atoms with Gasteiger partial charge in [-0.15, -0.1) is 5.53 Å². The monoisotopic (exact) mass is 145 g/mol. The SMILES string of the molecule is CN1C=C(CCCF)NN1. The van der Waals surface area contributed by atoms with Gasteiger partial charge < -0.3 is 5.43 Å². The van der Waals surface area contributed by atoms with E-state index < -0.39 is 0 Å². The van der Waals surface area contributed by atoms with Gasteiger partial charge in [0.05, 0.1) is 6.67 Å². The number of allylic oxidation sites excluding steroid dienone is 1. The summed E-state index contributed by atoms with van der Waals surface area (Å²) >= 11 is 0. The molecule has 10 heavy (non-hydrogen) atoms. The summed E-state index contributed by atoms with van der Waals surface area (Å²) in [6.45, 7) is -0.247. The molecule has 4 heteroatoms. The van der Waals surface area contributed by atoms with Crippen molar-refractivity contribution in [1.82, 2.24) is 16.0 Å². The van der Waals surface area contributed by atoms with Crippen LogP contribution in [0.15, 0.2) is 11.9 Å². The molecule has 3 nitrogen and oxygen atoms in total. The third kappa shape index (κ3) is 1.88. The standard InChI is InChI=1S/C6H12FN3/c1-10-5-6(8-9-10)3-2-4-7/h5,8-9H,2-4H2,1H3. The van der Waals surface area contributed by atoms with Gasteiger partial charge in [0.1, 0.15) is 0 Å². The molecule has 0 saturated carbocycles. The third-order valence-corrected chi connectivity index (χ3v) is 1.32. The average molecular weight is 145 g/mol. The number of nitrogens with zero attached hydrogens (tertiary/aromatic N) is 1. The first-order chi connectivity index (χ1) is 4.83. The molecule has 0 radical (unpaired) electrons. The second-order valence-electron chi connectivity index (χ2n) is 2.29. The summed E-state index contributed by atoms with van der Waals surface area (Å²) < 4.78 is 11.7. The van der Waals surface area contributed by atoms with Crippen LogP contribution in [-0.4, -0.2) is 18.7 Å². The summed E-state index contributed by atoms with van der Waals surface area (Å²) in [5.74, 6) is 0. The Labute approximate surface area is 59.8 Å². The molecule has 2 N–H and O–H groups in total. The molecule has 0 aromatic carbocycles. The van der Waals surface area contributed by atoms with Crippen LogP contribution in [-0.2, 0) is 0 Å². The van der Waals surface area contributed by atoms with E-state index in [0.717, 1.165) is 12.1 Å². The number of halogens is 1. The zero-order valence-corrected chi connectivity index (χ0v) is 6.02. The predicted molar refractivity (Wildman–Crippen MR) is 37.3 cm³/mol. The number of nitrogens with one attached hydrogen (secondary N) is 2. The minimum atomic E-state index is -0.247. The van der Waals surface area contributed by atoms with Gasteiger partial charge in [-0.25, -0.2) is 0 Å². The maximum Gasteiger partial charge on any atom is 0.0898 e. The van der Waals surface area contributed by atoms with Crippen LogP contribution in [0.2, 0.25) is 0 Å². The molecule has 0 amide bonds. The number of alkyl halides is 1. The van der Waals surface area contributed by atoms with Crippen molar-refractivity contribution < 1.29 is 4.39 Å². The lowest BCUT2D eigenvalue weighted by molar-refractivity contribution is 0.326. The van der Waals surface area contributed by atoms with E-state index in [1.54, 1.807) is 5.01 Å². The number of hydrogen-bond acceptors (Lipinski definition) is 3. The van der Waals surface area contributed by atoms with Crippen LogP contribution in [0.25, 0.3) is 0 Å². The minimum absolute atomic E-state index is 0.247. The Morgan fingerprint density at radius 2 is 2.50 bits per heavy atom. The van der Waals surface area contributed by atoms with Gasteiger partial charge in [-0.2, -0.15) is 0 Å². The fourth-order valence-corrected chi connectivity index (χ4v) is 0.843. The average Bonchev–Trinajstić information content (AvgIpc) is 2.31. The molecule has 0 fully saturated rings. The normalized spacial score (nSPS) is 17.0. The van der Waals surface area contributed by atoms with Gasteiger partial charge in [0.15, 0.2) is 0 Å². The highest BCUT2D eigenvalue weighted by atomic mass is 19.1. The Morgan fingerprint density at radius 1 is 1.70 bits per heavy atom. The van der Waals surface area contributed by atoms with E-state index in [0.29, 0.717) is 6.42 Å². The smallest absolute Gasteiger partial charge is 0.0898 e. The second-order valence-corrected chi connectivity index (χ2v) is 2.29. The first kappa shape index (κ1) is 7.34. The van der Waals surface area contributed by atoms with Crippen molar-refractivity contribution in [1.29, 1.82) is 0 Å². The molecular formula is C6H12FN3. The zero-order chi connectivity index (χ0) is 7.40. The molecule has 58 valence electrons. The number of rotatable bonds is 3. The van der Waals surface area contributed by atoms with Crippen molar-refractivity contribution in [2.24, 2.45) is 0 Å². The van der Waals surface area contributed by atoms with Crippen LogP contribution < -0.4 is 11.0 Å². The highest BCUT2D eigenvalue weighted by Crippen LogP contribution is 2.04. The summed E-state index contributed by atoms with van der Waals surface area (Å²) in [5, 5.41) is 1.80. The minimum Gasteiger partial charge on any atom is -0.306 e. The Balaban J connectivity index is 2.22. The second kappa shape index (κ2) is 3.41. The van der Waals surface area contributed by atoms with Gasteiger partial charge in [0, 0.05) is 18.9 Å². The van der Waals surface area contributed by atoms with Crippen LogP contribution in [0.5, 0.6) is 0 Å². The molecule has 0 atom stereocenters. The lowest BCUT2D eigenvalue weighted by Gasteiger charge is -2.05. The summed E-state index contributed by atoms with van der Waals surface area (Å²) in [4.78, 5) is 0. The number of hydrogen-bond donors (Lipinski definition) is 2. The highest BCUT2D eigenvalue weighted by Gasteiger charge is 2.04. The molecule has 0 saturated heterocycles. The molecular weight excluding hydrogens is 133 g/mol. The summed E-state index contributed by atoms with van der Waals surface area (Å²) in [7, 11) is 1.88. The Morgan fingerprint density at radius 3 is 3.00 bits per heavy atom. The van der Waals surface area contributed by atoms with E-state index in [2.05, 4.69) is 11.0 Å². The molecule has 0 bridgehead atoms. The highest BCUT2D eigenvalue weighted by molar-refractivity contribution is 5.00. The maximum atomic E-state index is 11.7. The van der Waals surface area contributed by atoms with Crippen LogP contribution in [0, 0.1) is 0 Å². The van der Waals surface area contributed by atoms with Crippen molar-refractivity contribution in [3.05, 3.63) is 11.9 Å². The lowest BCUT2D eigenvalue weighted by Crippen LogP contribution is -2.33. The van der Waals surface area contributed by atoms with Gasteiger partial charge in [0.2, 0.25) is 0 Å². The van der Waals surface area contributed by atoms with E-state index in [1.165, 1.54) is 0 Å². The fourth-order valence-electron chi connectivity index (χ4n) is 0.843. The fraction of sp³-hybridized carbons (Fsp3) is 0.667. The van der Waals surface area contributed by atoms with E-state index in [1.807, 2.05) is 13.2 Å². The molecule has 1 rings (SSSR count). The summed E-state index contributed by atoms with van der Waals surface area (Å²) in [6.07, 6.45) is 3.28. The zero-order valence-electron chi connectivity index (χ0n) is 6.02. The van der Waals surface area contributed by atoms with Gasteiger partial charge in [-0.05, 0) is 12.8 Å². The van der Waals surface area contributed by atoms with E-state index in [4.69, 9.17) is 0 Å². The van der Waals surface area contributed by atoms with Crippen molar-refractivity contribution in [2.45, 2.75) is 12.8 Å². The van der Waals surface area contributed by atoms with Crippen molar-refractivity contribution in [3.63, 3.8) is 0 Å². The molecule has 1 aliphatic rings. The quantitative estimate of drug-likeness (QED) is 0.606. The summed E-state index contributed by atoms with van der Waals surface area (Å²) in [5.41, 5.74) is 6.80. The largest absolute Gasteiger partial charge is 0.306 e. The van der Waals surface area contributed by atoms with Gasteiger partial charge >= 0.3 is 0 Å². The van der Waals surface area contributed by atoms with E-state index in [-0.39, 0.29) is 6.67 Å². The van der Waals surface area contributed by atoms with Crippen LogP contribution >= 0.6 is 0 Å². The Bertz CT molecular complexity index is 135. The molecule has 0 spiro atoms. The Hall–Kier alpha value is -0.770. The van der Waals surface area contributed by atoms with Gasteiger partial charge in [-0.3, -0.25) is 9.40 Å². The first-order valence-electron chi connectivity index (χ1n) is 3.34. The van der Waals surface area contributed by atoms with Crippen molar-refractivity contribution in [3.8, 4) is 0 Å². The topological polar surface area (TPSA) is 27.3 Å². The Kier molecular flexibility index (Phi) is 2.50. The molecule has 0 unspecified atom stereocenters. The van der Waals surface area contributed by atoms with Crippen molar-refractivity contribution >= 4 is 0 Å². The van der Waals surface area contributed by atoms with Gasteiger partial charge in [-0.1, -0.05) is 0 Å². The molecule has 0 aromatic rings. The van der Waals surface area contributed by atoms with Crippen LogP contribution in [0.3, 0.4) is 0 Å². The number of hydrazine groups is 2. The van der Waals surface area contributed by atoms with Crippen molar-refractivity contribution in [2.75, 3.05) is 13.7 Å². The van der Waals surface area contributed by atoms with Gasteiger partial charge in [0.25, 0.3) is 0 Å². The molecule has 0 aliphatic carbocycles. The maximum absolute atomic E-state index is 11.7. The van der Waals surface area contributed by atoms with E-state index in [9.17, 15) is 4.39 Å². The summed E-state index contributed by atoms with van der Waals surface area (Å²) in [6, 6.07) is 0. The van der Waals surface area contributed by atoms with E-state index >= 15 is 0 Å². The molecule has 0 aromatic heterocycles. The third-order valence-electron chi connectivity index (χ3n) is 1.32. The predicted octanol–water partition coefficient (Wildman–Crippen LogP) is 0.532. The molecule has 1 heterocycles. The first-order valence-corrected chi connectivity index (χ1v) is 3.34. The van der Waals surface area contributed by atoms with Crippen LogP contribution in [0.1, 0.15) is 12.8 Å². The van der Waals surface area contributed by atoms with Crippen LogP contribution in [0.4, 0.5) is 4.39 Å². The molecule has 1 aliphatic heterocycles. The lowest BCUT2D eigenvalue weighted by atomic mass is 10.3.